The molecule has 0 saturated heterocycles. The number of imidazole rings is 1. The lowest BCUT2D eigenvalue weighted by atomic mass is 10.1. The smallest absolute Gasteiger partial charge is 0.309 e. The maximum absolute atomic E-state index is 15.0. The average Bonchev–Trinajstić information content (AvgIpc) is 3.23. The van der Waals surface area contributed by atoms with E-state index < -0.39 is 23.9 Å². The molecule has 1 N–H and O–H groups in total. The molecule has 0 amide bonds. The molecule has 1 atom stereocenters. The Kier molecular flexibility index (Phi) is 7.94. The van der Waals surface area contributed by atoms with Crippen LogP contribution < -0.4 is 5.32 Å². The number of aromatic nitrogens is 5. The van der Waals surface area contributed by atoms with Crippen molar-refractivity contribution in [2.24, 2.45) is 0 Å². The molecule has 4 aromatic rings. The van der Waals surface area contributed by atoms with Gasteiger partial charge in [0, 0.05) is 43.9 Å². The summed E-state index contributed by atoms with van der Waals surface area (Å²) in [6.07, 6.45) is -2.90. The van der Waals surface area contributed by atoms with Gasteiger partial charge in [-0.1, -0.05) is 6.07 Å². The van der Waals surface area contributed by atoms with Crippen molar-refractivity contribution in [3.63, 3.8) is 0 Å². The fourth-order valence-electron chi connectivity index (χ4n) is 4.60. The van der Waals surface area contributed by atoms with E-state index in [-0.39, 0.29) is 32.1 Å². The van der Waals surface area contributed by atoms with E-state index >= 15 is 0 Å². The average molecular weight is 672 g/mol. The largest absolute Gasteiger partial charge is 0.408 e. The number of hydrogen-bond acceptors (Lipinski definition) is 7. The van der Waals surface area contributed by atoms with Crippen molar-refractivity contribution >= 4 is 45.4 Å². The van der Waals surface area contributed by atoms with Crippen LogP contribution in [0.15, 0.2) is 30.5 Å². The van der Waals surface area contributed by atoms with Crippen molar-refractivity contribution < 1.29 is 22.0 Å². The quantitative estimate of drug-likeness (QED) is 0.204. The van der Waals surface area contributed by atoms with E-state index in [1.54, 1.807) is 28.7 Å². The van der Waals surface area contributed by atoms with Gasteiger partial charge in [-0.05, 0) is 67.4 Å². The minimum absolute atomic E-state index is 0.0134. The lowest BCUT2D eigenvalue weighted by Gasteiger charge is -2.29. The lowest BCUT2D eigenvalue weighted by molar-refractivity contribution is -0.162. The molecule has 0 aliphatic carbocycles. The van der Waals surface area contributed by atoms with Crippen molar-refractivity contribution in [1.82, 2.24) is 34.3 Å². The highest BCUT2D eigenvalue weighted by atomic mass is 127. The summed E-state index contributed by atoms with van der Waals surface area (Å²) >= 11 is 1.62. The minimum atomic E-state index is -4.59. The second kappa shape index (κ2) is 11.1. The van der Waals surface area contributed by atoms with Crippen LogP contribution in [0, 0.1) is 15.5 Å². The first kappa shape index (κ1) is 28.5. The molecule has 1 aliphatic rings. The van der Waals surface area contributed by atoms with Gasteiger partial charge in [0.2, 0.25) is 5.95 Å². The Morgan fingerprint density at radius 2 is 1.88 bits per heavy atom. The molecular formula is C26H26F5IN8. The molecule has 8 nitrogen and oxygen atoms in total. The number of halogens is 6. The fourth-order valence-corrected chi connectivity index (χ4v) is 5.52. The van der Waals surface area contributed by atoms with Crippen molar-refractivity contribution in [1.29, 1.82) is 0 Å². The third kappa shape index (κ3) is 5.88. The summed E-state index contributed by atoms with van der Waals surface area (Å²) in [5.41, 5.74) is 1.40. The fraction of sp³-hybridized carbons (Fsp3) is 0.385. The van der Waals surface area contributed by atoms with Crippen LogP contribution in [0.5, 0.6) is 0 Å². The van der Waals surface area contributed by atoms with Crippen molar-refractivity contribution in [2.45, 2.75) is 32.1 Å². The highest BCUT2D eigenvalue weighted by molar-refractivity contribution is 14.1. The van der Waals surface area contributed by atoms with Crippen LogP contribution in [0.2, 0.25) is 0 Å². The van der Waals surface area contributed by atoms with Gasteiger partial charge < -0.3 is 14.8 Å². The van der Waals surface area contributed by atoms with Crippen LogP contribution in [-0.2, 0) is 13.0 Å². The summed E-state index contributed by atoms with van der Waals surface area (Å²) in [4.78, 5) is 21.3. The molecule has 0 saturated carbocycles. The van der Waals surface area contributed by atoms with Crippen LogP contribution >= 0.6 is 22.6 Å². The van der Waals surface area contributed by atoms with Gasteiger partial charge in [0.05, 0.1) is 11.7 Å². The van der Waals surface area contributed by atoms with E-state index in [1.165, 1.54) is 6.07 Å². The molecule has 0 fully saturated rings. The zero-order valence-electron chi connectivity index (χ0n) is 21.9. The van der Waals surface area contributed by atoms with Crippen LogP contribution in [0.1, 0.15) is 24.2 Å². The molecule has 4 heterocycles. The first-order chi connectivity index (χ1) is 18.9. The van der Waals surface area contributed by atoms with Crippen molar-refractivity contribution in [3.8, 4) is 11.3 Å². The number of rotatable bonds is 7. The molecule has 1 aromatic carbocycles. The molecule has 0 spiro atoms. The van der Waals surface area contributed by atoms with Gasteiger partial charge in [-0.25, -0.2) is 28.7 Å². The maximum atomic E-state index is 15.0. The monoisotopic (exact) mass is 672 g/mol. The summed E-state index contributed by atoms with van der Waals surface area (Å²) in [5.74, 6) is -1.27. The zero-order valence-corrected chi connectivity index (χ0v) is 24.1. The zero-order chi connectivity index (χ0) is 28.8. The highest BCUT2D eigenvalue weighted by Gasteiger charge is 2.39. The van der Waals surface area contributed by atoms with Gasteiger partial charge in [-0.3, -0.25) is 4.90 Å². The minimum Gasteiger partial charge on any atom is -0.309 e. The molecule has 1 unspecified atom stereocenters. The predicted octanol–water partition coefficient (Wildman–Crippen LogP) is 5.56. The van der Waals surface area contributed by atoms with E-state index in [9.17, 15) is 22.0 Å². The molecule has 0 radical (unpaired) electrons. The standard InChI is InChI=1S/C26H26F5IN8/c1-14(26(29,30)31)40-20-11-16(10-17(27)23(20)36-24(40)32)22-18(28)12-33-25(37-22)35-21-5-4-15-13-39(9-8-38(2)3)7-6-19(15)34-21/h4-5,10-12,14H,6-9,13H2,1-3H3,(H,33,34,35,37). The Balaban J connectivity index is 1.43. The number of alkyl halides is 3. The maximum Gasteiger partial charge on any atom is 0.408 e. The molecule has 212 valence electrons. The van der Waals surface area contributed by atoms with E-state index in [0.29, 0.717) is 5.82 Å². The molecule has 40 heavy (non-hydrogen) atoms. The lowest BCUT2D eigenvalue weighted by Crippen LogP contribution is -2.36. The predicted molar refractivity (Wildman–Crippen MR) is 149 cm³/mol. The van der Waals surface area contributed by atoms with Crippen molar-refractivity contribution in [2.75, 3.05) is 39.0 Å². The molecule has 14 heteroatoms. The summed E-state index contributed by atoms with van der Waals surface area (Å²) in [6, 6.07) is 4.05. The number of benzene rings is 1. The molecule has 3 aromatic heterocycles. The Morgan fingerprint density at radius 3 is 2.60 bits per heavy atom. The number of likely N-dealkylation sites (N-methyl/N-ethyl adjacent to an activating group) is 1. The van der Waals surface area contributed by atoms with E-state index in [0.717, 1.165) is 67.6 Å². The number of nitrogens with zero attached hydrogens (tertiary/aromatic N) is 7. The van der Waals surface area contributed by atoms with Crippen LogP contribution in [0.25, 0.3) is 22.3 Å². The number of anilines is 2. The van der Waals surface area contributed by atoms with Gasteiger partial charge in [0.25, 0.3) is 0 Å². The Morgan fingerprint density at radius 1 is 1.10 bits per heavy atom. The number of nitrogens with one attached hydrogen (secondary N) is 1. The summed E-state index contributed by atoms with van der Waals surface area (Å²) in [5, 5.41) is 2.97. The topological polar surface area (TPSA) is 75.0 Å². The summed E-state index contributed by atoms with van der Waals surface area (Å²) < 4.78 is 71.2. The summed E-state index contributed by atoms with van der Waals surface area (Å²) in [7, 11) is 4.08. The number of pyridine rings is 1. The number of fused-ring (bicyclic) bond motifs is 2. The van der Waals surface area contributed by atoms with Gasteiger partial charge in [-0.15, -0.1) is 0 Å². The van der Waals surface area contributed by atoms with Crippen LogP contribution in [0.4, 0.5) is 33.7 Å². The third-order valence-corrected chi connectivity index (χ3v) is 7.58. The van der Waals surface area contributed by atoms with Gasteiger partial charge in [0.1, 0.15) is 23.1 Å². The second-order valence-corrected chi connectivity index (χ2v) is 10.9. The third-order valence-electron chi connectivity index (χ3n) is 6.81. The van der Waals surface area contributed by atoms with E-state index in [2.05, 4.69) is 35.1 Å². The molecular weight excluding hydrogens is 646 g/mol. The first-order valence-electron chi connectivity index (χ1n) is 12.5. The molecule has 5 rings (SSSR count). The van der Waals surface area contributed by atoms with Crippen LogP contribution in [-0.4, -0.2) is 74.2 Å². The van der Waals surface area contributed by atoms with Gasteiger partial charge in [0.15, 0.2) is 15.5 Å². The van der Waals surface area contributed by atoms with Gasteiger partial charge >= 0.3 is 6.18 Å². The molecule has 0 bridgehead atoms. The number of hydrogen-bond donors (Lipinski definition) is 1. The Hall–Kier alpha value is -2.98. The van der Waals surface area contributed by atoms with E-state index in [1.807, 2.05) is 20.2 Å². The Bertz CT molecular complexity index is 1550. The molecule has 1 aliphatic heterocycles. The SMILES string of the molecule is CC(n1c(I)nc2c(F)cc(-c3nc(Nc4ccc5c(n4)CCN(CCN(C)C)C5)ncc3F)cc21)C(F)(F)F. The van der Waals surface area contributed by atoms with Crippen molar-refractivity contribution in [3.05, 3.63) is 57.2 Å². The van der Waals surface area contributed by atoms with Crippen LogP contribution in [0.3, 0.4) is 0 Å². The Labute approximate surface area is 240 Å². The van der Waals surface area contributed by atoms with Gasteiger partial charge in [-0.2, -0.15) is 13.2 Å². The second-order valence-electron chi connectivity index (χ2n) is 9.94. The summed E-state index contributed by atoms with van der Waals surface area (Å²) in [6.45, 7) is 4.55. The normalized spacial score (nSPS) is 15.1. The van der Waals surface area contributed by atoms with E-state index in [4.69, 9.17) is 0 Å². The highest BCUT2D eigenvalue weighted by Crippen LogP contribution is 2.36. The first-order valence-corrected chi connectivity index (χ1v) is 13.6.